The van der Waals surface area contributed by atoms with Crippen LogP contribution in [0.2, 0.25) is 0 Å². The molecule has 4 rings (SSSR count). The van der Waals surface area contributed by atoms with E-state index in [2.05, 4.69) is 11.4 Å². The van der Waals surface area contributed by atoms with Crippen molar-refractivity contribution in [3.8, 4) is 17.6 Å². The van der Waals surface area contributed by atoms with Gasteiger partial charge in [0.05, 0.1) is 5.56 Å². The van der Waals surface area contributed by atoms with Crippen LogP contribution in [-0.4, -0.2) is 12.7 Å². The van der Waals surface area contributed by atoms with Crippen molar-refractivity contribution in [2.24, 2.45) is 0 Å². The maximum Gasteiger partial charge on any atom is 0.249 e. The van der Waals surface area contributed by atoms with Gasteiger partial charge in [0, 0.05) is 11.0 Å². The van der Waals surface area contributed by atoms with Crippen molar-refractivity contribution in [1.29, 1.82) is 5.26 Å². The molecule has 1 aliphatic heterocycles. The van der Waals surface area contributed by atoms with Crippen LogP contribution in [-0.2, 0) is 17.6 Å². The van der Waals surface area contributed by atoms with E-state index in [1.54, 1.807) is 17.4 Å². The molecule has 2 aromatic rings. The number of rotatable bonds is 3. The Morgan fingerprint density at radius 2 is 2.04 bits per heavy atom. The molecule has 26 heavy (non-hydrogen) atoms. The number of carbonyl (C=O) groups is 1. The van der Waals surface area contributed by atoms with E-state index in [0.717, 1.165) is 36.8 Å². The van der Waals surface area contributed by atoms with Gasteiger partial charge in [-0.05, 0) is 55.0 Å². The van der Waals surface area contributed by atoms with Gasteiger partial charge >= 0.3 is 0 Å². The fourth-order valence-corrected chi connectivity index (χ4v) is 4.53. The largest absolute Gasteiger partial charge is 0.454 e. The van der Waals surface area contributed by atoms with E-state index >= 15 is 0 Å². The van der Waals surface area contributed by atoms with Crippen molar-refractivity contribution in [3.63, 3.8) is 0 Å². The third kappa shape index (κ3) is 3.31. The van der Waals surface area contributed by atoms with E-state index in [1.165, 1.54) is 17.4 Å². The van der Waals surface area contributed by atoms with Gasteiger partial charge in [0.25, 0.3) is 0 Å². The molecule has 1 amide bonds. The zero-order chi connectivity index (χ0) is 17.9. The second-order valence-electron chi connectivity index (χ2n) is 6.32. The molecule has 0 saturated carbocycles. The molecule has 6 heteroatoms. The van der Waals surface area contributed by atoms with E-state index in [4.69, 9.17) is 9.47 Å². The molecule has 0 atom stereocenters. The number of anilines is 1. The molecule has 1 aromatic heterocycles. The van der Waals surface area contributed by atoms with E-state index in [-0.39, 0.29) is 12.7 Å². The number of amides is 1. The highest BCUT2D eigenvalue weighted by atomic mass is 32.1. The van der Waals surface area contributed by atoms with Crippen molar-refractivity contribution >= 4 is 28.3 Å². The fourth-order valence-electron chi connectivity index (χ4n) is 3.29. The summed E-state index contributed by atoms with van der Waals surface area (Å²) in [6.45, 7) is 0.225. The fraction of sp³-hybridized carbons (Fsp3) is 0.300. The molecule has 2 heterocycles. The van der Waals surface area contributed by atoms with Crippen LogP contribution in [0.1, 0.15) is 40.8 Å². The SMILES string of the molecule is N#Cc1c(NC(=O)/C=C/c2ccc3c(c2)OCO3)sc2c1CCCCC2. The molecule has 0 fully saturated rings. The summed E-state index contributed by atoms with van der Waals surface area (Å²) in [7, 11) is 0. The molecule has 0 radical (unpaired) electrons. The number of nitrogens with one attached hydrogen (secondary N) is 1. The summed E-state index contributed by atoms with van der Waals surface area (Å²) in [4.78, 5) is 13.6. The Balaban J connectivity index is 1.49. The van der Waals surface area contributed by atoms with Gasteiger partial charge in [-0.15, -0.1) is 11.3 Å². The predicted molar refractivity (Wildman–Crippen MR) is 101 cm³/mol. The van der Waals surface area contributed by atoms with Gasteiger partial charge in [0.1, 0.15) is 11.1 Å². The number of carbonyl (C=O) groups excluding carboxylic acids is 1. The van der Waals surface area contributed by atoms with Crippen molar-refractivity contribution in [3.05, 3.63) is 45.8 Å². The average Bonchev–Trinajstić information content (AvgIpc) is 3.16. The van der Waals surface area contributed by atoms with Gasteiger partial charge in [0.15, 0.2) is 11.5 Å². The first kappa shape index (κ1) is 16.7. The van der Waals surface area contributed by atoms with Crippen LogP contribution in [0.3, 0.4) is 0 Å². The number of fused-ring (bicyclic) bond motifs is 2. The second kappa shape index (κ2) is 7.22. The molecular weight excluding hydrogens is 348 g/mol. The summed E-state index contributed by atoms with van der Waals surface area (Å²) in [6.07, 6.45) is 8.58. The van der Waals surface area contributed by atoms with Crippen LogP contribution in [0.25, 0.3) is 6.08 Å². The molecule has 0 saturated heterocycles. The molecule has 1 aliphatic carbocycles. The highest BCUT2D eigenvalue weighted by Crippen LogP contribution is 2.37. The van der Waals surface area contributed by atoms with Crippen molar-refractivity contribution in [1.82, 2.24) is 0 Å². The minimum Gasteiger partial charge on any atom is -0.454 e. The quantitative estimate of drug-likeness (QED) is 0.650. The normalized spacial score (nSPS) is 15.3. The van der Waals surface area contributed by atoms with Gasteiger partial charge in [-0.1, -0.05) is 12.5 Å². The number of hydrogen-bond acceptors (Lipinski definition) is 5. The molecule has 132 valence electrons. The Hall–Kier alpha value is -2.78. The summed E-state index contributed by atoms with van der Waals surface area (Å²) >= 11 is 1.54. The lowest BCUT2D eigenvalue weighted by molar-refractivity contribution is -0.111. The second-order valence-corrected chi connectivity index (χ2v) is 7.42. The average molecular weight is 366 g/mol. The molecule has 1 N–H and O–H groups in total. The molecule has 0 spiro atoms. The third-order valence-corrected chi connectivity index (χ3v) is 5.80. The lowest BCUT2D eigenvalue weighted by Gasteiger charge is -2.01. The molecule has 2 aliphatic rings. The Labute approximate surface area is 155 Å². The smallest absolute Gasteiger partial charge is 0.249 e. The summed E-state index contributed by atoms with van der Waals surface area (Å²) in [5, 5.41) is 13.1. The number of nitriles is 1. The van der Waals surface area contributed by atoms with Crippen LogP contribution >= 0.6 is 11.3 Å². The van der Waals surface area contributed by atoms with Crippen molar-refractivity contribution in [2.75, 3.05) is 12.1 Å². The maximum atomic E-state index is 12.3. The molecule has 0 bridgehead atoms. The van der Waals surface area contributed by atoms with Crippen molar-refractivity contribution < 1.29 is 14.3 Å². The minimum absolute atomic E-state index is 0.225. The number of thiophene rings is 1. The lowest BCUT2D eigenvalue weighted by Crippen LogP contribution is -2.07. The first-order valence-electron chi connectivity index (χ1n) is 8.68. The van der Waals surface area contributed by atoms with Crippen LogP contribution in [0.4, 0.5) is 5.00 Å². The lowest BCUT2D eigenvalue weighted by atomic mass is 10.1. The summed E-state index contributed by atoms with van der Waals surface area (Å²) in [6, 6.07) is 7.80. The maximum absolute atomic E-state index is 12.3. The van der Waals surface area contributed by atoms with Gasteiger partial charge in [-0.3, -0.25) is 4.79 Å². The van der Waals surface area contributed by atoms with Crippen molar-refractivity contribution in [2.45, 2.75) is 32.1 Å². The van der Waals surface area contributed by atoms with E-state index < -0.39 is 0 Å². The van der Waals surface area contributed by atoms with Crippen LogP contribution in [0.5, 0.6) is 11.5 Å². The highest BCUT2D eigenvalue weighted by Gasteiger charge is 2.20. The monoisotopic (exact) mass is 366 g/mol. The molecule has 0 unspecified atom stereocenters. The number of benzene rings is 1. The Morgan fingerprint density at radius 1 is 1.19 bits per heavy atom. The Bertz CT molecular complexity index is 924. The summed E-state index contributed by atoms with van der Waals surface area (Å²) in [5.41, 5.74) is 2.62. The zero-order valence-electron chi connectivity index (χ0n) is 14.2. The number of ether oxygens (including phenoxy) is 2. The Morgan fingerprint density at radius 3 is 2.92 bits per heavy atom. The van der Waals surface area contributed by atoms with E-state index in [0.29, 0.717) is 22.1 Å². The summed E-state index contributed by atoms with van der Waals surface area (Å²) < 4.78 is 10.6. The van der Waals surface area contributed by atoms with Gasteiger partial charge < -0.3 is 14.8 Å². The van der Waals surface area contributed by atoms with E-state index in [1.807, 2.05) is 18.2 Å². The molecule has 1 aromatic carbocycles. The number of hydrogen-bond donors (Lipinski definition) is 1. The van der Waals surface area contributed by atoms with Crippen LogP contribution in [0, 0.1) is 11.3 Å². The van der Waals surface area contributed by atoms with Crippen LogP contribution in [0.15, 0.2) is 24.3 Å². The molecular formula is C20H18N2O3S. The minimum atomic E-state index is -0.240. The molecule has 5 nitrogen and oxygen atoms in total. The van der Waals surface area contributed by atoms with Gasteiger partial charge in [-0.2, -0.15) is 5.26 Å². The van der Waals surface area contributed by atoms with Gasteiger partial charge in [-0.25, -0.2) is 0 Å². The number of aryl methyl sites for hydroxylation is 1. The first-order valence-corrected chi connectivity index (χ1v) is 9.49. The number of nitrogens with zero attached hydrogens (tertiary/aromatic N) is 1. The summed E-state index contributed by atoms with van der Waals surface area (Å²) in [5.74, 6) is 1.15. The third-order valence-electron chi connectivity index (χ3n) is 4.59. The topological polar surface area (TPSA) is 71.4 Å². The Kier molecular flexibility index (Phi) is 4.63. The standard InChI is InChI=1S/C20H18N2O3S/c21-11-15-14-4-2-1-3-5-18(14)26-20(15)22-19(23)9-7-13-6-8-16-17(10-13)25-12-24-16/h6-10H,1-5,12H2,(H,22,23)/b9-7+. The highest BCUT2D eigenvalue weighted by molar-refractivity contribution is 7.16. The zero-order valence-corrected chi connectivity index (χ0v) is 15.0. The van der Waals surface area contributed by atoms with Gasteiger partial charge in [0.2, 0.25) is 12.7 Å². The van der Waals surface area contributed by atoms with E-state index in [9.17, 15) is 10.1 Å². The predicted octanol–water partition coefficient (Wildman–Crippen LogP) is 4.27. The first-order chi connectivity index (χ1) is 12.7. The van der Waals surface area contributed by atoms with Crippen LogP contribution < -0.4 is 14.8 Å².